The van der Waals surface area contributed by atoms with Crippen molar-refractivity contribution in [2.75, 3.05) is 12.9 Å². The normalized spacial score (nSPS) is 11.8. The van der Waals surface area contributed by atoms with E-state index in [4.69, 9.17) is 5.11 Å². The first kappa shape index (κ1) is 11.1. The largest absolute Gasteiger partial charge is 0.480 e. The van der Waals surface area contributed by atoms with Gasteiger partial charge in [0.25, 0.3) is 0 Å². The highest BCUT2D eigenvalue weighted by Crippen LogP contribution is 1.94. The van der Waals surface area contributed by atoms with Gasteiger partial charge in [-0.2, -0.15) is 12.6 Å². The van der Waals surface area contributed by atoms with E-state index in [-0.39, 0.29) is 6.42 Å². The van der Waals surface area contributed by atoms with Crippen molar-refractivity contribution in [1.82, 2.24) is 5.32 Å². The van der Waals surface area contributed by atoms with Crippen molar-refractivity contribution in [1.29, 1.82) is 0 Å². The molecule has 0 aliphatic carbocycles. The van der Waals surface area contributed by atoms with Crippen LogP contribution in [-0.4, -0.2) is 36.1 Å². The predicted octanol–water partition coefficient (Wildman–Crippen LogP) is 0.115. The SMILES string of the molecule is COC(=O)NC(CCS)C(=O)O. The second kappa shape index (κ2) is 5.70. The Labute approximate surface area is 75.5 Å². The van der Waals surface area contributed by atoms with Crippen molar-refractivity contribution < 1.29 is 19.4 Å². The Hall–Kier alpha value is -0.910. The van der Waals surface area contributed by atoms with Crippen LogP contribution in [0.4, 0.5) is 4.79 Å². The van der Waals surface area contributed by atoms with Crippen molar-refractivity contribution in [3.63, 3.8) is 0 Å². The average Bonchev–Trinajstić information content (AvgIpc) is 2.03. The third-order valence-electron chi connectivity index (χ3n) is 1.19. The topological polar surface area (TPSA) is 75.6 Å². The molecule has 0 bridgehead atoms. The van der Waals surface area contributed by atoms with Crippen LogP contribution < -0.4 is 5.32 Å². The number of nitrogens with one attached hydrogen (secondary N) is 1. The van der Waals surface area contributed by atoms with Crippen LogP contribution in [0.3, 0.4) is 0 Å². The molecule has 0 aromatic heterocycles. The molecule has 5 nitrogen and oxygen atoms in total. The zero-order valence-corrected chi connectivity index (χ0v) is 7.51. The van der Waals surface area contributed by atoms with E-state index in [1.54, 1.807) is 0 Å². The molecule has 0 saturated carbocycles. The summed E-state index contributed by atoms with van der Waals surface area (Å²) in [7, 11) is 1.18. The lowest BCUT2D eigenvalue weighted by molar-refractivity contribution is -0.139. The molecule has 1 atom stereocenters. The van der Waals surface area contributed by atoms with Gasteiger partial charge >= 0.3 is 12.1 Å². The minimum atomic E-state index is -1.09. The van der Waals surface area contributed by atoms with Crippen LogP contribution in [0, 0.1) is 0 Å². The Morgan fingerprint density at radius 1 is 1.67 bits per heavy atom. The van der Waals surface area contributed by atoms with Crippen LogP contribution in [0.15, 0.2) is 0 Å². The second-order valence-electron chi connectivity index (χ2n) is 2.04. The summed E-state index contributed by atoms with van der Waals surface area (Å²) in [6.45, 7) is 0. The summed E-state index contributed by atoms with van der Waals surface area (Å²) in [5.74, 6) is -0.699. The van der Waals surface area contributed by atoms with Crippen molar-refractivity contribution in [2.24, 2.45) is 0 Å². The number of carbonyl (C=O) groups is 2. The van der Waals surface area contributed by atoms with Gasteiger partial charge in [0.15, 0.2) is 0 Å². The Balaban J connectivity index is 3.95. The summed E-state index contributed by atoms with van der Waals surface area (Å²) >= 11 is 3.85. The maximum atomic E-state index is 10.6. The summed E-state index contributed by atoms with van der Waals surface area (Å²) in [5, 5.41) is 10.7. The molecule has 0 heterocycles. The number of hydrogen-bond acceptors (Lipinski definition) is 4. The number of thiol groups is 1. The first-order valence-corrected chi connectivity index (χ1v) is 3.93. The van der Waals surface area contributed by atoms with E-state index in [0.717, 1.165) is 0 Å². The maximum Gasteiger partial charge on any atom is 0.407 e. The summed E-state index contributed by atoms with van der Waals surface area (Å²) in [4.78, 5) is 21.0. The molecule has 2 N–H and O–H groups in total. The summed E-state index contributed by atoms with van der Waals surface area (Å²) in [5.41, 5.74) is 0. The van der Waals surface area contributed by atoms with E-state index in [0.29, 0.717) is 5.75 Å². The zero-order chi connectivity index (χ0) is 9.56. The summed E-state index contributed by atoms with van der Waals surface area (Å²) in [6, 6.07) is -0.921. The molecule has 0 aromatic rings. The van der Waals surface area contributed by atoms with Crippen LogP contribution in [0.25, 0.3) is 0 Å². The number of alkyl carbamates (subject to hydrolysis) is 1. The first-order valence-electron chi connectivity index (χ1n) is 3.30. The third-order valence-corrected chi connectivity index (χ3v) is 1.45. The van der Waals surface area contributed by atoms with Gasteiger partial charge in [-0.1, -0.05) is 0 Å². The maximum absolute atomic E-state index is 10.6. The molecular weight excluding hydrogens is 182 g/mol. The third kappa shape index (κ3) is 4.07. The van der Waals surface area contributed by atoms with Crippen molar-refractivity contribution in [3.8, 4) is 0 Å². The molecule has 0 fully saturated rings. The predicted molar refractivity (Wildman–Crippen MR) is 45.4 cm³/mol. The molecule has 0 aliphatic rings. The van der Waals surface area contributed by atoms with Gasteiger partial charge in [-0.15, -0.1) is 0 Å². The van der Waals surface area contributed by atoms with Gasteiger partial charge < -0.3 is 15.2 Å². The van der Waals surface area contributed by atoms with Gasteiger partial charge in [0.1, 0.15) is 6.04 Å². The van der Waals surface area contributed by atoms with Crippen LogP contribution in [0.5, 0.6) is 0 Å². The highest BCUT2D eigenvalue weighted by molar-refractivity contribution is 7.80. The number of carbonyl (C=O) groups excluding carboxylic acids is 1. The monoisotopic (exact) mass is 193 g/mol. The van der Waals surface area contributed by atoms with E-state index in [9.17, 15) is 9.59 Å². The molecule has 0 radical (unpaired) electrons. The van der Waals surface area contributed by atoms with E-state index >= 15 is 0 Å². The van der Waals surface area contributed by atoms with Crippen molar-refractivity contribution >= 4 is 24.7 Å². The fraction of sp³-hybridized carbons (Fsp3) is 0.667. The van der Waals surface area contributed by atoms with Crippen LogP contribution >= 0.6 is 12.6 Å². The lowest BCUT2D eigenvalue weighted by Gasteiger charge is -2.11. The smallest absolute Gasteiger partial charge is 0.407 e. The Morgan fingerprint density at radius 2 is 2.25 bits per heavy atom. The molecule has 1 amide bonds. The van der Waals surface area contributed by atoms with Gasteiger partial charge in [-0.3, -0.25) is 0 Å². The second-order valence-corrected chi connectivity index (χ2v) is 2.49. The average molecular weight is 193 g/mol. The molecule has 6 heteroatoms. The fourth-order valence-corrected chi connectivity index (χ4v) is 0.846. The Kier molecular flexibility index (Phi) is 5.27. The Morgan fingerprint density at radius 3 is 2.58 bits per heavy atom. The molecule has 0 aromatic carbocycles. The fourth-order valence-electron chi connectivity index (χ4n) is 0.588. The molecule has 0 aliphatic heterocycles. The Bertz CT molecular complexity index is 171. The quantitative estimate of drug-likeness (QED) is 0.554. The highest BCUT2D eigenvalue weighted by Gasteiger charge is 2.18. The number of ether oxygens (including phenoxy) is 1. The molecule has 0 rings (SSSR count). The number of methoxy groups -OCH3 is 1. The van der Waals surface area contributed by atoms with E-state index in [1.807, 2.05) is 0 Å². The van der Waals surface area contributed by atoms with Gasteiger partial charge in [0.2, 0.25) is 0 Å². The number of carboxylic acids is 1. The van der Waals surface area contributed by atoms with Gasteiger partial charge in [-0.05, 0) is 12.2 Å². The van der Waals surface area contributed by atoms with Crippen LogP contribution in [0.2, 0.25) is 0 Å². The van der Waals surface area contributed by atoms with Crippen molar-refractivity contribution in [3.05, 3.63) is 0 Å². The zero-order valence-electron chi connectivity index (χ0n) is 6.61. The molecule has 1 unspecified atom stereocenters. The molecule has 12 heavy (non-hydrogen) atoms. The highest BCUT2D eigenvalue weighted by atomic mass is 32.1. The number of carboxylic acid groups (broad SMARTS) is 1. The van der Waals surface area contributed by atoms with Crippen molar-refractivity contribution in [2.45, 2.75) is 12.5 Å². The van der Waals surface area contributed by atoms with Crippen LogP contribution in [-0.2, 0) is 9.53 Å². The van der Waals surface area contributed by atoms with Gasteiger partial charge in [-0.25, -0.2) is 9.59 Å². The summed E-state index contributed by atoms with van der Waals surface area (Å²) in [6.07, 6.45) is -0.475. The van der Waals surface area contributed by atoms with Gasteiger partial charge in [0.05, 0.1) is 7.11 Å². The number of amides is 1. The molecule has 0 saturated heterocycles. The summed E-state index contributed by atoms with van der Waals surface area (Å²) < 4.78 is 4.24. The molecule has 70 valence electrons. The lowest BCUT2D eigenvalue weighted by Crippen LogP contribution is -2.40. The molecule has 0 spiro atoms. The number of rotatable bonds is 4. The minimum Gasteiger partial charge on any atom is -0.480 e. The minimum absolute atomic E-state index is 0.271. The van der Waals surface area contributed by atoms with E-state index in [2.05, 4.69) is 22.7 Å². The molecular formula is C6H11NO4S. The standard InChI is InChI=1S/C6H11NO4S/c1-11-6(10)7-4(2-3-12)5(8)9/h4,12H,2-3H2,1H3,(H,7,10)(H,8,9). The van der Waals surface area contributed by atoms with E-state index in [1.165, 1.54) is 7.11 Å². The van der Waals surface area contributed by atoms with E-state index < -0.39 is 18.1 Å². The van der Waals surface area contributed by atoms with Gasteiger partial charge in [0, 0.05) is 0 Å². The van der Waals surface area contributed by atoms with Crippen LogP contribution in [0.1, 0.15) is 6.42 Å². The lowest BCUT2D eigenvalue weighted by atomic mass is 10.2. The first-order chi connectivity index (χ1) is 5.61. The number of hydrogen-bond donors (Lipinski definition) is 3. The number of aliphatic carboxylic acids is 1.